The van der Waals surface area contributed by atoms with E-state index < -0.39 is 23.4 Å². The van der Waals surface area contributed by atoms with Crippen LogP contribution in [0.15, 0.2) is 12.1 Å². The summed E-state index contributed by atoms with van der Waals surface area (Å²) in [6, 6.07) is 1.48. The lowest BCUT2D eigenvalue weighted by molar-refractivity contribution is -0.141. The van der Waals surface area contributed by atoms with Gasteiger partial charge in [-0.25, -0.2) is 9.78 Å². The van der Waals surface area contributed by atoms with Gasteiger partial charge in [0.15, 0.2) is 0 Å². The molecule has 20 heavy (non-hydrogen) atoms. The lowest BCUT2D eigenvalue weighted by atomic mass is 10.0. The van der Waals surface area contributed by atoms with Crippen LogP contribution in [0.4, 0.5) is 19.0 Å². The van der Waals surface area contributed by atoms with Crippen molar-refractivity contribution in [3.8, 4) is 0 Å². The van der Waals surface area contributed by atoms with Crippen LogP contribution in [0.2, 0.25) is 0 Å². The molecule has 0 aliphatic heterocycles. The van der Waals surface area contributed by atoms with Crippen molar-refractivity contribution in [2.24, 2.45) is 0 Å². The van der Waals surface area contributed by atoms with Gasteiger partial charge in [0.05, 0.1) is 0 Å². The van der Waals surface area contributed by atoms with Gasteiger partial charge in [0.2, 0.25) is 0 Å². The summed E-state index contributed by atoms with van der Waals surface area (Å²) in [5.74, 6) is -1.75. The molecule has 5 nitrogen and oxygen atoms in total. The molecule has 0 aliphatic carbocycles. The number of carbonyl (C=O) groups is 1. The summed E-state index contributed by atoms with van der Waals surface area (Å²) >= 11 is 0. The minimum Gasteiger partial charge on any atom is -0.478 e. The Morgan fingerprint density at radius 1 is 1.35 bits per heavy atom. The lowest BCUT2D eigenvalue weighted by Gasteiger charge is -2.27. The van der Waals surface area contributed by atoms with Crippen LogP contribution in [0, 0.1) is 0 Å². The molecule has 0 unspecified atom stereocenters. The van der Waals surface area contributed by atoms with Gasteiger partial charge in [-0.2, -0.15) is 13.2 Å². The summed E-state index contributed by atoms with van der Waals surface area (Å²) in [6.07, 6.45) is -4.43. The number of hydrogen-bond donors (Lipinski definition) is 3. The van der Waals surface area contributed by atoms with E-state index in [0.717, 1.165) is 6.07 Å². The maximum Gasteiger partial charge on any atom is 0.433 e. The van der Waals surface area contributed by atoms with Crippen molar-refractivity contribution in [1.82, 2.24) is 4.98 Å². The number of nitrogens with zero attached hydrogens (tertiary/aromatic N) is 1. The smallest absolute Gasteiger partial charge is 0.433 e. The molecule has 1 rings (SSSR count). The molecule has 0 spiro atoms. The van der Waals surface area contributed by atoms with Crippen LogP contribution in [-0.2, 0) is 6.18 Å². The van der Waals surface area contributed by atoms with E-state index >= 15 is 0 Å². The minimum absolute atomic E-state index is 0.193. The summed E-state index contributed by atoms with van der Waals surface area (Å²) in [4.78, 5) is 14.3. The summed E-state index contributed by atoms with van der Waals surface area (Å²) in [6.45, 7) is 3.05. The predicted octanol–water partition coefficient (Wildman–Crippen LogP) is 2.37. The molecule has 1 aromatic rings. The van der Waals surface area contributed by atoms with Gasteiger partial charge < -0.3 is 15.5 Å². The first-order chi connectivity index (χ1) is 9.07. The largest absolute Gasteiger partial charge is 0.478 e. The van der Waals surface area contributed by atoms with E-state index in [-0.39, 0.29) is 24.4 Å². The van der Waals surface area contributed by atoms with Gasteiger partial charge in [-0.05, 0) is 32.4 Å². The summed E-state index contributed by atoms with van der Waals surface area (Å²) in [5.41, 5.74) is -2.33. The molecule has 0 aromatic carbocycles. The number of hydrogen-bond acceptors (Lipinski definition) is 4. The average Bonchev–Trinajstić information content (AvgIpc) is 2.26. The van der Waals surface area contributed by atoms with Crippen LogP contribution in [-0.4, -0.2) is 33.3 Å². The predicted molar refractivity (Wildman–Crippen MR) is 65.6 cm³/mol. The van der Waals surface area contributed by atoms with E-state index in [9.17, 15) is 18.0 Å². The van der Waals surface area contributed by atoms with E-state index in [1.165, 1.54) is 0 Å². The zero-order valence-corrected chi connectivity index (χ0v) is 11.0. The van der Waals surface area contributed by atoms with Crippen molar-refractivity contribution in [2.75, 3.05) is 11.9 Å². The van der Waals surface area contributed by atoms with Crippen LogP contribution in [0.5, 0.6) is 0 Å². The van der Waals surface area contributed by atoms with Crippen LogP contribution in [0.25, 0.3) is 0 Å². The van der Waals surface area contributed by atoms with Gasteiger partial charge in [0.25, 0.3) is 0 Å². The second-order valence-electron chi connectivity index (χ2n) is 4.88. The highest BCUT2D eigenvalue weighted by Crippen LogP contribution is 2.30. The number of nitrogens with one attached hydrogen (secondary N) is 1. The van der Waals surface area contributed by atoms with Gasteiger partial charge in [0.1, 0.15) is 17.1 Å². The van der Waals surface area contributed by atoms with Gasteiger partial charge in [-0.1, -0.05) is 0 Å². The van der Waals surface area contributed by atoms with Crippen molar-refractivity contribution in [1.29, 1.82) is 0 Å². The number of halogens is 3. The maximum absolute atomic E-state index is 12.6. The molecule has 3 N–H and O–H groups in total. The first kappa shape index (κ1) is 16.2. The van der Waals surface area contributed by atoms with Crippen molar-refractivity contribution < 1.29 is 28.2 Å². The third-order valence-corrected chi connectivity index (χ3v) is 2.61. The number of anilines is 1. The highest BCUT2D eigenvalue weighted by atomic mass is 19.4. The van der Waals surface area contributed by atoms with Gasteiger partial charge in [-0.3, -0.25) is 0 Å². The molecule has 0 aliphatic rings. The summed E-state index contributed by atoms with van der Waals surface area (Å²) in [7, 11) is 0. The van der Waals surface area contributed by atoms with E-state index in [1.54, 1.807) is 13.8 Å². The molecule has 0 amide bonds. The van der Waals surface area contributed by atoms with Crippen LogP contribution >= 0.6 is 0 Å². The molecule has 0 fully saturated rings. The second-order valence-corrected chi connectivity index (χ2v) is 4.88. The summed E-state index contributed by atoms with van der Waals surface area (Å²) in [5, 5.41) is 20.5. The zero-order valence-electron chi connectivity index (χ0n) is 11.0. The average molecular weight is 292 g/mol. The Labute approximate surface area is 113 Å². The van der Waals surface area contributed by atoms with Crippen molar-refractivity contribution >= 4 is 11.8 Å². The van der Waals surface area contributed by atoms with Crippen molar-refractivity contribution in [3.63, 3.8) is 0 Å². The van der Waals surface area contributed by atoms with Gasteiger partial charge in [0, 0.05) is 12.1 Å². The number of carboxylic acid groups (broad SMARTS) is 1. The number of pyridine rings is 1. The monoisotopic (exact) mass is 292 g/mol. The molecular weight excluding hydrogens is 277 g/mol. The van der Waals surface area contributed by atoms with Gasteiger partial charge >= 0.3 is 12.1 Å². The molecule has 0 bridgehead atoms. The Morgan fingerprint density at radius 3 is 2.40 bits per heavy atom. The van der Waals surface area contributed by atoms with Gasteiger partial charge in [-0.15, -0.1) is 0 Å². The van der Waals surface area contributed by atoms with Crippen molar-refractivity contribution in [2.45, 2.75) is 32.0 Å². The molecule has 0 saturated heterocycles. The van der Waals surface area contributed by atoms with E-state index in [1.807, 2.05) is 0 Å². The first-order valence-electron chi connectivity index (χ1n) is 5.77. The molecule has 8 heteroatoms. The Hall–Kier alpha value is -1.83. The summed E-state index contributed by atoms with van der Waals surface area (Å²) < 4.78 is 37.8. The van der Waals surface area contributed by atoms with Crippen LogP contribution < -0.4 is 5.32 Å². The molecule has 1 aromatic heterocycles. The second kappa shape index (κ2) is 5.66. The number of aliphatic hydroxyl groups excluding tert-OH is 1. The zero-order chi connectivity index (χ0) is 15.6. The first-order valence-corrected chi connectivity index (χ1v) is 5.77. The number of aromatic carboxylic acids is 1. The standard InChI is InChI=1S/C12H15F3N2O3/c1-11(2,5-6-18)17-9-7(10(19)20)3-4-8(16-9)12(13,14)15/h3-4,18H,5-6H2,1-2H3,(H,16,17)(H,19,20). The quantitative estimate of drug-likeness (QED) is 0.776. The molecule has 112 valence electrons. The molecule has 0 saturated carbocycles. The third-order valence-electron chi connectivity index (χ3n) is 2.61. The lowest BCUT2D eigenvalue weighted by Crippen LogP contribution is -2.33. The number of aliphatic hydroxyl groups is 1. The van der Waals surface area contributed by atoms with Crippen LogP contribution in [0.3, 0.4) is 0 Å². The number of alkyl halides is 3. The Morgan fingerprint density at radius 2 is 1.95 bits per heavy atom. The highest BCUT2D eigenvalue weighted by Gasteiger charge is 2.34. The highest BCUT2D eigenvalue weighted by molar-refractivity contribution is 5.93. The Bertz CT molecular complexity index is 501. The number of aromatic nitrogens is 1. The SMILES string of the molecule is CC(C)(CCO)Nc1nc(C(F)(F)F)ccc1C(=O)O. The van der Waals surface area contributed by atoms with Crippen molar-refractivity contribution in [3.05, 3.63) is 23.4 Å². The molecule has 0 atom stereocenters. The topological polar surface area (TPSA) is 82.5 Å². The molecular formula is C12H15F3N2O3. The minimum atomic E-state index is -4.66. The normalized spacial score (nSPS) is 12.3. The van der Waals surface area contributed by atoms with E-state index in [2.05, 4.69) is 10.3 Å². The fraction of sp³-hybridized carbons (Fsp3) is 0.500. The molecule has 0 radical (unpaired) electrons. The molecule has 1 heterocycles. The van der Waals surface area contributed by atoms with Crippen LogP contribution in [0.1, 0.15) is 36.3 Å². The Kier molecular flexibility index (Phi) is 4.59. The number of carboxylic acids is 1. The van der Waals surface area contributed by atoms with E-state index in [4.69, 9.17) is 10.2 Å². The fourth-order valence-electron chi connectivity index (χ4n) is 1.55. The maximum atomic E-state index is 12.6. The van der Waals surface area contributed by atoms with E-state index in [0.29, 0.717) is 6.07 Å². The fourth-order valence-corrected chi connectivity index (χ4v) is 1.55. The third kappa shape index (κ3) is 4.09. The Balaban J connectivity index is 3.23. The number of rotatable bonds is 5.